The van der Waals surface area contributed by atoms with Gasteiger partial charge in [0.05, 0.1) is 12.5 Å². The molecule has 0 aromatic rings. The van der Waals surface area contributed by atoms with Crippen molar-refractivity contribution in [2.75, 3.05) is 20.2 Å². The van der Waals surface area contributed by atoms with Crippen LogP contribution >= 0.6 is 0 Å². The lowest BCUT2D eigenvalue weighted by molar-refractivity contribution is -0.149. The van der Waals surface area contributed by atoms with Gasteiger partial charge < -0.3 is 9.64 Å². The number of carbonyl (C=O) groups excluding carboxylic acids is 1. The van der Waals surface area contributed by atoms with Crippen LogP contribution in [0, 0.1) is 11.8 Å². The number of nitrogens with zero attached hydrogens (tertiary/aromatic N) is 1. The predicted molar refractivity (Wildman–Crippen MR) is 60.3 cm³/mol. The fourth-order valence-corrected chi connectivity index (χ4v) is 1.63. The third kappa shape index (κ3) is 3.57. The number of esters is 1. The van der Waals surface area contributed by atoms with Gasteiger partial charge in [-0.25, -0.2) is 0 Å². The van der Waals surface area contributed by atoms with Crippen molar-refractivity contribution < 1.29 is 9.53 Å². The van der Waals surface area contributed by atoms with E-state index in [0.29, 0.717) is 12.5 Å². The second kappa shape index (κ2) is 5.19. The lowest BCUT2D eigenvalue weighted by atomic mass is 9.96. The summed E-state index contributed by atoms with van der Waals surface area (Å²) in [4.78, 5) is 13.4. The smallest absolute Gasteiger partial charge is 0.308 e. The minimum absolute atomic E-state index is 0.0283. The molecule has 1 atom stereocenters. The van der Waals surface area contributed by atoms with Gasteiger partial charge in [0.15, 0.2) is 0 Å². The van der Waals surface area contributed by atoms with E-state index in [0.717, 1.165) is 25.1 Å². The van der Waals surface area contributed by atoms with Crippen LogP contribution in [0.15, 0.2) is 12.3 Å². The summed E-state index contributed by atoms with van der Waals surface area (Å²) in [6.07, 6.45) is 2.03. The monoisotopic (exact) mass is 211 g/mol. The van der Waals surface area contributed by atoms with Crippen molar-refractivity contribution in [2.45, 2.75) is 26.7 Å². The zero-order valence-corrected chi connectivity index (χ0v) is 9.95. The van der Waals surface area contributed by atoms with Crippen LogP contribution in [0.4, 0.5) is 0 Å². The molecule has 86 valence electrons. The van der Waals surface area contributed by atoms with Gasteiger partial charge in [-0.3, -0.25) is 4.79 Å². The molecule has 1 fully saturated rings. The number of likely N-dealkylation sites (tertiary alicyclic amines) is 1. The highest BCUT2D eigenvalue weighted by Gasteiger charge is 2.21. The Bertz CT molecular complexity index is 248. The molecule has 0 radical (unpaired) electrons. The maximum atomic E-state index is 11.3. The first-order valence-electron chi connectivity index (χ1n) is 5.56. The average Bonchev–Trinajstić information content (AvgIpc) is 2.19. The highest BCUT2D eigenvalue weighted by atomic mass is 16.5. The number of rotatable bonds is 3. The minimum atomic E-state index is -0.0976. The third-order valence-corrected chi connectivity index (χ3v) is 2.87. The van der Waals surface area contributed by atoms with E-state index in [-0.39, 0.29) is 11.9 Å². The Morgan fingerprint density at radius 2 is 2.33 bits per heavy atom. The van der Waals surface area contributed by atoms with E-state index in [1.807, 2.05) is 13.8 Å². The predicted octanol–water partition coefficient (Wildman–Crippen LogP) is 2.04. The van der Waals surface area contributed by atoms with Crippen molar-refractivity contribution in [1.29, 1.82) is 0 Å². The average molecular weight is 211 g/mol. The first-order valence-corrected chi connectivity index (χ1v) is 5.56. The molecular weight excluding hydrogens is 190 g/mol. The molecular formula is C12H21NO2. The van der Waals surface area contributed by atoms with Crippen molar-refractivity contribution in [2.24, 2.45) is 11.8 Å². The number of hydrogen-bond donors (Lipinski definition) is 0. The Kier molecular flexibility index (Phi) is 4.18. The van der Waals surface area contributed by atoms with E-state index in [9.17, 15) is 4.79 Å². The van der Waals surface area contributed by atoms with Crippen LogP contribution in [-0.2, 0) is 9.53 Å². The van der Waals surface area contributed by atoms with Crippen LogP contribution in [0.25, 0.3) is 0 Å². The molecule has 0 saturated carbocycles. The van der Waals surface area contributed by atoms with Gasteiger partial charge in [-0.2, -0.15) is 0 Å². The number of allylic oxidation sites excluding steroid dienone is 1. The summed E-state index contributed by atoms with van der Waals surface area (Å²) in [7, 11) is 2.05. The van der Waals surface area contributed by atoms with Gasteiger partial charge in [0.1, 0.15) is 0 Å². The maximum Gasteiger partial charge on any atom is 0.308 e. The van der Waals surface area contributed by atoms with E-state index < -0.39 is 0 Å². The molecule has 3 heteroatoms. The fourth-order valence-electron chi connectivity index (χ4n) is 1.63. The van der Waals surface area contributed by atoms with Crippen LogP contribution in [-0.4, -0.2) is 31.1 Å². The first kappa shape index (κ1) is 12.1. The molecule has 0 aliphatic carbocycles. The standard InChI is InChI=1S/C12H21NO2/c1-9(2)12(14)15-8-11-5-6-13(4)10(3)7-11/h9,11H,3,5-8H2,1-2,4H3. The second-order valence-corrected chi connectivity index (χ2v) is 4.63. The highest BCUT2D eigenvalue weighted by molar-refractivity contribution is 5.71. The molecule has 0 aromatic carbocycles. The Hall–Kier alpha value is -0.990. The molecule has 0 N–H and O–H groups in total. The minimum Gasteiger partial charge on any atom is -0.465 e. The number of ether oxygens (including phenoxy) is 1. The Labute approximate surface area is 92.1 Å². The van der Waals surface area contributed by atoms with E-state index >= 15 is 0 Å². The zero-order chi connectivity index (χ0) is 11.4. The summed E-state index contributed by atoms with van der Waals surface area (Å²) < 4.78 is 5.23. The molecule has 1 aliphatic heterocycles. The summed E-state index contributed by atoms with van der Waals surface area (Å²) in [6.45, 7) is 9.27. The van der Waals surface area contributed by atoms with Gasteiger partial charge in [-0.15, -0.1) is 0 Å². The van der Waals surface area contributed by atoms with Gasteiger partial charge in [0, 0.05) is 25.2 Å². The Morgan fingerprint density at radius 1 is 1.67 bits per heavy atom. The lowest BCUT2D eigenvalue weighted by Gasteiger charge is -2.32. The third-order valence-electron chi connectivity index (χ3n) is 2.87. The van der Waals surface area contributed by atoms with Crippen molar-refractivity contribution in [3.8, 4) is 0 Å². The van der Waals surface area contributed by atoms with Gasteiger partial charge in [0.25, 0.3) is 0 Å². The van der Waals surface area contributed by atoms with Gasteiger partial charge >= 0.3 is 5.97 Å². The molecule has 15 heavy (non-hydrogen) atoms. The molecule has 1 aliphatic rings. The van der Waals surface area contributed by atoms with Gasteiger partial charge in [0.2, 0.25) is 0 Å². The summed E-state index contributed by atoms with van der Waals surface area (Å²) in [5.41, 5.74) is 1.15. The van der Waals surface area contributed by atoms with E-state index in [2.05, 4.69) is 18.5 Å². The van der Waals surface area contributed by atoms with E-state index in [1.54, 1.807) is 0 Å². The Morgan fingerprint density at radius 3 is 2.87 bits per heavy atom. The quantitative estimate of drug-likeness (QED) is 0.669. The topological polar surface area (TPSA) is 29.5 Å². The summed E-state index contributed by atoms with van der Waals surface area (Å²) >= 11 is 0. The molecule has 3 nitrogen and oxygen atoms in total. The van der Waals surface area contributed by atoms with Crippen molar-refractivity contribution in [1.82, 2.24) is 4.90 Å². The number of hydrogen-bond acceptors (Lipinski definition) is 3. The van der Waals surface area contributed by atoms with Crippen LogP contribution in [0.1, 0.15) is 26.7 Å². The SMILES string of the molecule is C=C1CC(COC(=O)C(C)C)CCN1C. The molecule has 1 saturated heterocycles. The largest absolute Gasteiger partial charge is 0.465 e. The van der Waals surface area contributed by atoms with Gasteiger partial charge in [-0.1, -0.05) is 20.4 Å². The zero-order valence-electron chi connectivity index (χ0n) is 9.95. The summed E-state index contributed by atoms with van der Waals surface area (Å²) in [6, 6.07) is 0. The van der Waals surface area contributed by atoms with E-state index in [1.165, 1.54) is 0 Å². The normalized spacial score (nSPS) is 22.0. The van der Waals surface area contributed by atoms with Crippen molar-refractivity contribution in [3.63, 3.8) is 0 Å². The molecule has 0 spiro atoms. The molecule has 0 aromatic heterocycles. The van der Waals surface area contributed by atoms with Gasteiger partial charge in [-0.05, 0) is 12.8 Å². The summed E-state index contributed by atoms with van der Waals surface area (Å²) in [5.74, 6) is 0.329. The van der Waals surface area contributed by atoms with Crippen LogP contribution in [0.2, 0.25) is 0 Å². The molecule has 1 rings (SSSR count). The first-order chi connectivity index (χ1) is 7.00. The van der Waals surface area contributed by atoms with Crippen molar-refractivity contribution in [3.05, 3.63) is 12.3 Å². The summed E-state index contributed by atoms with van der Waals surface area (Å²) in [5, 5.41) is 0. The molecule has 1 heterocycles. The Balaban J connectivity index is 2.29. The van der Waals surface area contributed by atoms with E-state index in [4.69, 9.17) is 4.74 Å². The van der Waals surface area contributed by atoms with Crippen molar-refractivity contribution >= 4 is 5.97 Å². The van der Waals surface area contributed by atoms with Crippen LogP contribution in [0.3, 0.4) is 0 Å². The molecule has 1 unspecified atom stereocenters. The molecule has 0 amide bonds. The lowest BCUT2D eigenvalue weighted by Crippen LogP contribution is -2.30. The molecule has 0 bridgehead atoms. The highest BCUT2D eigenvalue weighted by Crippen LogP contribution is 2.23. The van der Waals surface area contributed by atoms with Crippen LogP contribution in [0.5, 0.6) is 0 Å². The number of carbonyl (C=O) groups is 1. The second-order valence-electron chi connectivity index (χ2n) is 4.63. The maximum absolute atomic E-state index is 11.3. The van der Waals surface area contributed by atoms with Crippen LogP contribution < -0.4 is 0 Å². The fraction of sp³-hybridized carbons (Fsp3) is 0.750. The number of piperidine rings is 1.